The van der Waals surface area contributed by atoms with Crippen molar-refractivity contribution in [2.24, 2.45) is 0 Å². The normalized spacial score (nSPS) is 10.4. The van der Waals surface area contributed by atoms with Crippen LogP contribution < -0.4 is 5.32 Å². The van der Waals surface area contributed by atoms with E-state index < -0.39 is 0 Å². The van der Waals surface area contributed by atoms with Crippen LogP contribution in [-0.2, 0) is 17.6 Å². The summed E-state index contributed by atoms with van der Waals surface area (Å²) in [5.74, 6) is 5.46. The van der Waals surface area contributed by atoms with E-state index in [1.54, 1.807) is 25.6 Å². The van der Waals surface area contributed by atoms with Crippen LogP contribution in [0.2, 0.25) is 0 Å². The first kappa shape index (κ1) is 18.4. The Labute approximate surface area is 168 Å². The minimum atomic E-state index is -0.344. The highest BCUT2D eigenvalue weighted by molar-refractivity contribution is 6.04. The SMILES string of the molecule is CC#CC(=O)Nc1ccc2ncn(-c3cc(CCc4ccccc4)ncn3)c2c1. The molecule has 29 heavy (non-hydrogen) atoms. The summed E-state index contributed by atoms with van der Waals surface area (Å²) in [6.45, 7) is 1.63. The van der Waals surface area contributed by atoms with Crippen LogP contribution in [0.1, 0.15) is 18.2 Å². The number of nitrogens with zero attached hydrogens (tertiary/aromatic N) is 4. The maximum absolute atomic E-state index is 11.7. The number of hydrogen-bond donors (Lipinski definition) is 1. The number of benzene rings is 2. The molecule has 0 saturated carbocycles. The molecule has 4 aromatic rings. The van der Waals surface area contributed by atoms with Crippen LogP contribution in [0.4, 0.5) is 5.69 Å². The van der Waals surface area contributed by atoms with Crippen molar-refractivity contribution in [3.63, 3.8) is 0 Å². The van der Waals surface area contributed by atoms with E-state index in [-0.39, 0.29) is 5.91 Å². The number of anilines is 1. The molecule has 0 bridgehead atoms. The van der Waals surface area contributed by atoms with Crippen molar-refractivity contribution >= 4 is 22.6 Å². The predicted molar refractivity (Wildman–Crippen MR) is 113 cm³/mol. The van der Waals surface area contributed by atoms with E-state index in [0.717, 1.165) is 35.4 Å². The molecule has 2 aromatic carbocycles. The van der Waals surface area contributed by atoms with Crippen LogP contribution in [0.3, 0.4) is 0 Å². The number of carbonyl (C=O) groups is 1. The molecule has 0 aliphatic carbocycles. The molecule has 6 nitrogen and oxygen atoms in total. The van der Waals surface area contributed by atoms with Gasteiger partial charge in [0.15, 0.2) is 0 Å². The standard InChI is InChI=1S/C23H19N5O/c1-2-6-23(29)27-19-11-12-20-21(13-19)28(16-26-20)22-14-18(24-15-25-22)10-9-17-7-4-3-5-8-17/h3-5,7-8,11-16H,9-10H2,1H3,(H,27,29). The van der Waals surface area contributed by atoms with Crippen molar-refractivity contribution in [3.8, 4) is 17.7 Å². The van der Waals surface area contributed by atoms with Crippen LogP contribution in [-0.4, -0.2) is 25.4 Å². The van der Waals surface area contributed by atoms with Gasteiger partial charge in [-0.3, -0.25) is 9.36 Å². The van der Waals surface area contributed by atoms with Crippen molar-refractivity contribution in [2.75, 3.05) is 5.32 Å². The lowest BCUT2D eigenvalue weighted by Gasteiger charge is -2.07. The zero-order valence-corrected chi connectivity index (χ0v) is 16.0. The molecule has 0 radical (unpaired) electrons. The molecule has 6 heteroatoms. The summed E-state index contributed by atoms with van der Waals surface area (Å²) in [7, 11) is 0. The Balaban J connectivity index is 1.60. The van der Waals surface area contributed by atoms with Crippen molar-refractivity contribution < 1.29 is 4.79 Å². The van der Waals surface area contributed by atoms with Gasteiger partial charge >= 0.3 is 0 Å². The number of amides is 1. The molecule has 0 aliphatic rings. The minimum Gasteiger partial charge on any atom is -0.315 e. The molecule has 0 aliphatic heterocycles. The maximum Gasteiger partial charge on any atom is 0.300 e. The number of fused-ring (bicyclic) bond motifs is 1. The van der Waals surface area contributed by atoms with Gasteiger partial charge in [-0.15, -0.1) is 0 Å². The third-order valence-corrected chi connectivity index (χ3v) is 4.51. The molecule has 0 spiro atoms. The van der Waals surface area contributed by atoms with Gasteiger partial charge in [0, 0.05) is 17.4 Å². The predicted octanol–water partition coefficient (Wildman–Crippen LogP) is 3.56. The second-order valence-electron chi connectivity index (χ2n) is 6.50. The topological polar surface area (TPSA) is 72.7 Å². The lowest BCUT2D eigenvalue weighted by atomic mass is 10.1. The number of carbonyl (C=O) groups excluding carboxylic acids is 1. The zero-order chi connectivity index (χ0) is 20.1. The van der Waals surface area contributed by atoms with Crippen LogP contribution in [0.25, 0.3) is 16.9 Å². The van der Waals surface area contributed by atoms with Gasteiger partial charge in [0.1, 0.15) is 18.5 Å². The molecule has 0 atom stereocenters. The van der Waals surface area contributed by atoms with Crippen LogP contribution in [0.5, 0.6) is 0 Å². The number of hydrogen-bond acceptors (Lipinski definition) is 4. The van der Waals surface area contributed by atoms with Crippen LogP contribution in [0.15, 0.2) is 67.3 Å². The molecule has 0 fully saturated rings. The molecular weight excluding hydrogens is 362 g/mol. The van der Waals surface area contributed by atoms with Gasteiger partial charge in [-0.05, 0) is 49.4 Å². The molecule has 1 N–H and O–H groups in total. The van der Waals surface area contributed by atoms with E-state index in [1.165, 1.54) is 5.56 Å². The number of nitrogens with one attached hydrogen (secondary N) is 1. The second-order valence-corrected chi connectivity index (χ2v) is 6.50. The quantitative estimate of drug-likeness (QED) is 0.537. The average molecular weight is 381 g/mol. The Kier molecular flexibility index (Phi) is 5.30. The fraction of sp³-hybridized carbons (Fsp3) is 0.130. The highest BCUT2D eigenvalue weighted by atomic mass is 16.1. The monoisotopic (exact) mass is 381 g/mol. The molecular formula is C23H19N5O. The van der Waals surface area contributed by atoms with Gasteiger partial charge in [-0.1, -0.05) is 36.3 Å². The summed E-state index contributed by atoms with van der Waals surface area (Å²) >= 11 is 0. The Morgan fingerprint density at radius 2 is 1.90 bits per heavy atom. The molecule has 2 aromatic heterocycles. The summed E-state index contributed by atoms with van der Waals surface area (Å²) in [5, 5.41) is 2.77. The number of aromatic nitrogens is 4. The molecule has 142 valence electrons. The third-order valence-electron chi connectivity index (χ3n) is 4.51. The van der Waals surface area contributed by atoms with E-state index in [0.29, 0.717) is 5.69 Å². The third kappa shape index (κ3) is 4.30. The molecule has 4 rings (SSSR count). The van der Waals surface area contributed by atoms with Crippen LogP contribution in [0, 0.1) is 11.8 Å². The highest BCUT2D eigenvalue weighted by Crippen LogP contribution is 2.21. The summed E-state index contributed by atoms with van der Waals surface area (Å²) in [5.41, 5.74) is 4.55. The molecule has 2 heterocycles. The van der Waals surface area contributed by atoms with Crippen molar-refractivity contribution in [3.05, 3.63) is 78.5 Å². The fourth-order valence-electron chi connectivity index (χ4n) is 3.12. The Morgan fingerprint density at radius 3 is 2.72 bits per heavy atom. The van der Waals surface area contributed by atoms with Gasteiger partial charge in [0.2, 0.25) is 0 Å². The van der Waals surface area contributed by atoms with Gasteiger partial charge in [0.25, 0.3) is 5.91 Å². The highest BCUT2D eigenvalue weighted by Gasteiger charge is 2.09. The van der Waals surface area contributed by atoms with E-state index in [4.69, 9.17) is 0 Å². The van der Waals surface area contributed by atoms with E-state index >= 15 is 0 Å². The Morgan fingerprint density at radius 1 is 1.03 bits per heavy atom. The Hall–Kier alpha value is -3.98. The van der Waals surface area contributed by atoms with E-state index in [1.807, 2.05) is 41.0 Å². The van der Waals surface area contributed by atoms with E-state index in [9.17, 15) is 4.79 Å². The first-order valence-corrected chi connectivity index (χ1v) is 9.29. The van der Waals surface area contributed by atoms with E-state index in [2.05, 4.69) is 44.2 Å². The fourth-order valence-corrected chi connectivity index (χ4v) is 3.12. The molecule has 1 amide bonds. The molecule has 0 saturated heterocycles. The van der Waals surface area contributed by atoms with Gasteiger partial charge < -0.3 is 5.32 Å². The summed E-state index contributed by atoms with van der Waals surface area (Å²) < 4.78 is 1.89. The minimum absolute atomic E-state index is 0.344. The zero-order valence-electron chi connectivity index (χ0n) is 16.0. The van der Waals surface area contributed by atoms with Crippen molar-refractivity contribution in [1.82, 2.24) is 19.5 Å². The van der Waals surface area contributed by atoms with Gasteiger partial charge in [0.05, 0.1) is 11.0 Å². The van der Waals surface area contributed by atoms with Crippen molar-refractivity contribution in [1.29, 1.82) is 0 Å². The Bertz CT molecular complexity index is 1220. The lowest BCUT2D eigenvalue weighted by molar-refractivity contribution is -0.111. The van der Waals surface area contributed by atoms with Crippen LogP contribution >= 0.6 is 0 Å². The summed E-state index contributed by atoms with van der Waals surface area (Å²) in [6, 6.07) is 17.8. The van der Waals surface area contributed by atoms with Gasteiger partial charge in [-0.25, -0.2) is 15.0 Å². The second kappa shape index (κ2) is 8.36. The largest absolute Gasteiger partial charge is 0.315 e. The number of rotatable bonds is 5. The maximum atomic E-state index is 11.7. The number of imidazole rings is 1. The summed E-state index contributed by atoms with van der Waals surface area (Å²) in [6.07, 6.45) is 5.04. The van der Waals surface area contributed by atoms with Crippen molar-refractivity contribution in [2.45, 2.75) is 19.8 Å². The first-order chi connectivity index (χ1) is 14.2. The smallest absolute Gasteiger partial charge is 0.300 e. The van der Waals surface area contributed by atoms with Gasteiger partial charge in [-0.2, -0.15) is 0 Å². The summed E-state index contributed by atoms with van der Waals surface area (Å²) in [4.78, 5) is 25.0. The lowest BCUT2D eigenvalue weighted by Crippen LogP contribution is -2.08. The average Bonchev–Trinajstić information content (AvgIpc) is 3.17. The number of aryl methyl sites for hydroxylation is 2. The molecule has 0 unspecified atom stereocenters. The first-order valence-electron chi connectivity index (χ1n) is 9.29.